The van der Waals surface area contributed by atoms with Gasteiger partial charge < -0.3 is 10.1 Å². The fourth-order valence-electron chi connectivity index (χ4n) is 2.51. The molecule has 0 radical (unpaired) electrons. The molecule has 2 rings (SSSR count). The van der Waals surface area contributed by atoms with Crippen LogP contribution in [0.2, 0.25) is 0 Å². The Balaban J connectivity index is 1.89. The maximum absolute atomic E-state index is 13.0. The van der Waals surface area contributed by atoms with E-state index in [1.54, 1.807) is 0 Å². The molecule has 0 heterocycles. The first-order valence-corrected chi connectivity index (χ1v) is 10.2. The van der Waals surface area contributed by atoms with Crippen molar-refractivity contribution in [3.8, 4) is 5.75 Å². The third-order valence-corrected chi connectivity index (χ3v) is 4.95. The van der Waals surface area contributed by atoms with Crippen LogP contribution in [0.3, 0.4) is 0 Å². The predicted octanol–water partition coefficient (Wildman–Crippen LogP) is 2.40. The van der Waals surface area contributed by atoms with E-state index in [1.165, 1.54) is 12.1 Å². The van der Waals surface area contributed by atoms with Gasteiger partial charge in [-0.1, -0.05) is 17.7 Å². The van der Waals surface area contributed by atoms with E-state index < -0.39 is 28.3 Å². The molecule has 8 heteroatoms. The number of carbonyl (C=O) groups is 1. The van der Waals surface area contributed by atoms with Crippen LogP contribution in [0.1, 0.15) is 11.1 Å². The highest BCUT2D eigenvalue weighted by atomic mass is 32.2. The molecule has 0 saturated carbocycles. The number of benzene rings is 2. The van der Waals surface area contributed by atoms with Crippen LogP contribution in [0.15, 0.2) is 42.5 Å². The lowest BCUT2D eigenvalue weighted by atomic mass is 10.1. The first kappa shape index (κ1) is 20.7. The summed E-state index contributed by atoms with van der Waals surface area (Å²) in [5, 5.41) is 2.62. The number of carbonyl (C=O) groups excluding carboxylic acids is 1. The van der Waals surface area contributed by atoms with Crippen molar-refractivity contribution in [1.29, 1.82) is 0 Å². The summed E-state index contributed by atoms with van der Waals surface area (Å²) in [5.41, 5.74) is 2.36. The van der Waals surface area contributed by atoms with E-state index in [4.69, 9.17) is 4.74 Å². The Labute approximate surface area is 159 Å². The number of hydrogen-bond acceptors (Lipinski definition) is 4. The molecular formula is C19H23FN2O4S. The molecular weight excluding hydrogens is 371 g/mol. The zero-order chi connectivity index (χ0) is 20.0. The van der Waals surface area contributed by atoms with Gasteiger partial charge in [-0.25, -0.2) is 12.8 Å². The van der Waals surface area contributed by atoms with Crippen molar-refractivity contribution in [2.45, 2.75) is 13.8 Å². The highest BCUT2D eigenvalue weighted by Crippen LogP contribution is 2.19. The molecule has 0 aliphatic rings. The number of aryl methyl sites for hydroxylation is 2. The van der Waals surface area contributed by atoms with Gasteiger partial charge in [0.2, 0.25) is 15.9 Å². The summed E-state index contributed by atoms with van der Waals surface area (Å²) in [6.07, 6.45) is 0.993. The third-order valence-electron chi connectivity index (χ3n) is 3.81. The van der Waals surface area contributed by atoms with Gasteiger partial charge in [-0.2, -0.15) is 0 Å². The van der Waals surface area contributed by atoms with Gasteiger partial charge in [0.15, 0.2) is 0 Å². The highest BCUT2D eigenvalue weighted by Gasteiger charge is 2.20. The van der Waals surface area contributed by atoms with Crippen molar-refractivity contribution >= 4 is 21.6 Å². The average Bonchev–Trinajstić information content (AvgIpc) is 2.58. The monoisotopic (exact) mass is 394 g/mol. The Morgan fingerprint density at radius 2 is 1.81 bits per heavy atom. The zero-order valence-electron chi connectivity index (χ0n) is 15.5. The molecule has 146 valence electrons. The van der Waals surface area contributed by atoms with Crippen molar-refractivity contribution in [1.82, 2.24) is 5.32 Å². The van der Waals surface area contributed by atoms with Gasteiger partial charge in [0, 0.05) is 0 Å². The standard InChI is InChI=1S/C19H23FN2O4S/c1-14-4-9-18(15(2)12-14)26-11-10-21-19(23)13-22(27(3,24)25)17-7-5-16(20)6-8-17/h4-9,12H,10-11,13H2,1-3H3,(H,21,23). The van der Waals surface area contributed by atoms with Gasteiger partial charge in [0.25, 0.3) is 0 Å². The number of hydrogen-bond donors (Lipinski definition) is 1. The number of rotatable bonds is 8. The molecule has 0 unspecified atom stereocenters. The van der Waals surface area contributed by atoms with Gasteiger partial charge >= 0.3 is 0 Å². The van der Waals surface area contributed by atoms with Crippen LogP contribution in [0.25, 0.3) is 0 Å². The molecule has 0 aromatic heterocycles. The number of sulfonamides is 1. The molecule has 0 spiro atoms. The Morgan fingerprint density at radius 3 is 2.41 bits per heavy atom. The molecule has 6 nitrogen and oxygen atoms in total. The van der Waals surface area contributed by atoms with Crippen LogP contribution >= 0.6 is 0 Å². The van der Waals surface area contributed by atoms with Crippen LogP contribution in [-0.4, -0.2) is 40.3 Å². The second-order valence-corrected chi connectivity index (χ2v) is 8.12. The molecule has 0 aliphatic carbocycles. The first-order valence-electron chi connectivity index (χ1n) is 8.37. The Kier molecular flexibility index (Phi) is 6.79. The molecule has 1 N–H and O–H groups in total. The summed E-state index contributed by atoms with van der Waals surface area (Å²) in [6.45, 7) is 4.02. The highest BCUT2D eigenvalue weighted by molar-refractivity contribution is 7.92. The maximum atomic E-state index is 13.0. The first-order chi connectivity index (χ1) is 12.7. The second kappa shape index (κ2) is 8.85. The van der Waals surface area contributed by atoms with E-state index in [-0.39, 0.29) is 18.8 Å². The van der Waals surface area contributed by atoms with Crippen LogP contribution in [0.5, 0.6) is 5.75 Å². The van der Waals surface area contributed by atoms with E-state index in [2.05, 4.69) is 5.32 Å². The summed E-state index contributed by atoms with van der Waals surface area (Å²) in [7, 11) is -3.69. The van der Waals surface area contributed by atoms with Gasteiger partial charge in [-0.15, -0.1) is 0 Å². The van der Waals surface area contributed by atoms with E-state index in [0.717, 1.165) is 39.6 Å². The van der Waals surface area contributed by atoms with Crippen LogP contribution in [0, 0.1) is 19.7 Å². The lowest BCUT2D eigenvalue weighted by Gasteiger charge is -2.21. The molecule has 1 amide bonds. The zero-order valence-corrected chi connectivity index (χ0v) is 16.3. The lowest BCUT2D eigenvalue weighted by Crippen LogP contribution is -2.41. The SMILES string of the molecule is Cc1ccc(OCCNC(=O)CN(c2ccc(F)cc2)S(C)(=O)=O)c(C)c1. The summed E-state index contributed by atoms with van der Waals surface area (Å²) < 4.78 is 43.5. The lowest BCUT2D eigenvalue weighted by molar-refractivity contribution is -0.119. The minimum atomic E-state index is -3.69. The molecule has 0 bridgehead atoms. The molecule has 2 aromatic carbocycles. The van der Waals surface area contributed by atoms with E-state index >= 15 is 0 Å². The number of amides is 1. The van der Waals surface area contributed by atoms with Crippen molar-refractivity contribution < 1.29 is 22.3 Å². The largest absolute Gasteiger partial charge is 0.491 e. The number of nitrogens with zero attached hydrogens (tertiary/aromatic N) is 1. The summed E-state index contributed by atoms with van der Waals surface area (Å²) in [4.78, 5) is 12.1. The minimum Gasteiger partial charge on any atom is -0.491 e. The predicted molar refractivity (Wildman–Crippen MR) is 103 cm³/mol. The number of halogens is 1. The smallest absolute Gasteiger partial charge is 0.240 e. The van der Waals surface area contributed by atoms with Gasteiger partial charge in [-0.3, -0.25) is 9.10 Å². The van der Waals surface area contributed by atoms with Crippen molar-refractivity contribution in [2.75, 3.05) is 30.3 Å². The summed E-state index contributed by atoms with van der Waals surface area (Å²) >= 11 is 0. The van der Waals surface area contributed by atoms with E-state index in [9.17, 15) is 17.6 Å². The van der Waals surface area contributed by atoms with E-state index in [0.29, 0.717) is 0 Å². The molecule has 0 fully saturated rings. The fourth-order valence-corrected chi connectivity index (χ4v) is 3.36. The topological polar surface area (TPSA) is 75.7 Å². The Hall–Kier alpha value is -2.61. The summed E-state index contributed by atoms with van der Waals surface area (Å²) in [6, 6.07) is 10.7. The number of anilines is 1. The Morgan fingerprint density at radius 1 is 1.15 bits per heavy atom. The van der Waals surface area contributed by atoms with Crippen LogP contribution < -0.4 is 14.4 Å². The normalized spacial score (nSPS) is 11.1. The van der Waals surface area contributed by atoms with E-state index in [1.807, 2.05) is 32.0 Å². The fraction of sp³-hybridized carbons (Fsp3) is 0.316. The van der Waals surface area contributed by atoms with Gasteiger partial charge in [0.1, 0.15) is 24.7 Å². The molecule has 2 aromatic rings. The molecule has 0 atom stereocenters. The minimum absolute atomic E-state index is 0.223. The Bertz CT molecular complexity index is 898. The average molecular weight is 394 g/mol. The van der Waals surface area contributed by atoms with Crippen LogP contribution in [0.4, 0.5) is 10.1 Å². The van der Waals surface area contributed by atoms with Crippen molar-refractivity contribution in [3.63, 3.8) is 0 Å². The third kappa shape index (κ3) is 6.25. The maximum Gasteiger partial charge on any atom is 0.240 e. The number of nitrogens with one attached hydrogen (secondary N) is 1. The molecule has 0 aliphatic heterocycles. The molecule has 27 heavy (non-hydrogen) atoms. The van der Waals surface area contributed by atoms with Gasteiger partial charge in [0.05, 0.1) is 18.5 Å². The number of ether oxygens (including phenoxy) is 1. The second-order valence-electron chi connectivity index (χ2n) is 6.21. The van der Waals surface area contributed by atoms with Crippen molar-refractivity contribution in [2.24, 2.45) is 0 Å². The molecule has 0 saturated heterocycles. The quantitative estimate of drug-likeness (QED) is 0.698. The van der Waals surface area contributed by atoms with Gasteiger partial charge in [-0.05, 0) is 49.7 Å². The summed E-state index contributed by atoms with van der Waals surface area (Å²) in [5.74, 6) is -0.229. The van der Waals surface area contributed by atoms with Crippen LogP contribution in [-0.2, 0) is 14.8 Å². The van der Waals surface area contributed by atoms with Crippen molar-refractivity contribution in [3.05, 3.63) is 59.4 Å².